The zero-order chi connectivity index (χ0) is 39.1. The number of carbonyl (C=O) groups excluding carboxylic acids is 2. The zero-order valence-corrected chi connectivity index (χ0v) is 35.4. The van der Waals surface area contributed by atoms with Gasteiger partial charge in [0.25, 0.3) is 11.8 Å². The van der Waals surface area contributed by atoms with E-state index in [4.69, 9.17) is 0 Å². The monoisotopic (exact) mass is 740 g/mol. The van der Waals surface area contributed by atoms with Crippen LogP contribution in [0.1, 0.15) is 108 Å². The summed E-state index contributed by atoms with van der Waals surface area (Å²) in [6, 6.07) is 8.10. The van der Waals surface area contributed by atoms with Gasteiger partial charge in [-0.1, -0.05) is 71.9 Å². The molecule has 2 N–H and O–H groups in total. The first-order chi connectivity index (χ1) is 24.1. The van der Waals surface area contributed by atoms with Gasteiger partial charge in [-0.25, -0.2) is 0 Å². The zero-order valence-electron chi connectivity index (χ0n) is 33.8. The molecule has 2 amide bonds. The summed E-state index contributed by atoms with van der Waals surface area (Å²) in [7, 11) is 0. The number of nitrogens with zero attached hydrogens (tertiary/aromatic N) is 2. The molecule has 1 aromatic rings. The predicted octanol–water partition coefficient (Wildman–Crippen LogP) is 10.2. The summed E-state index contributed by atoms with van der Waals surface area (Å²) in [6.45, 7) is 32.0. The Bertz CT molecular complexity index is 1400. The summed E-state index contributed by atoms with van der Waals surface area (Å²) < 4.78 is 0. The van der Waals surface area contributed by atoms with Crippen molar-refractivity contribution in [3.63, 3.8) is 0 Å². The maximum absolute atomic E-state index is 15.0. The van der Waals surface area contributed by atoms with E-state index in [0.717, 1.165) is 33.8 Å². The Labute approximate surface area is 319 Å². The maximum atomic E-state index is 15.0. The van der Waals surface area contributed by atoms with Gasteiger partial charge >= 0.3 is 0 Å². The summed E-state index contributed by atoms with van der Waals surface area (Å²) in [5.74, 6) is 1.73. The molecular weight excluding hydrogens is 673 g/mol. The van der Waals surface area contributed by atoms with E-state index in [9.17, 15) is 19.8 Å². The van der Waals surface area contributed by atoms with Crippen molar-refractivity contribution in [2.45, 2.75) is 118 Å². The molecular formula is C43H68N2O4S2. The first-order valence-corrected chi connectivity index (χ1v) is 20.6. The van der Waals surface area contributed by atoms with Crippen LogP contribution in [-0.4, -0.2) is 74.2 Å². The van der Waals surface area contributed by atoms with Crippen LogP contribution in [0.3, 0.4) is 0 Å². The van der Waals surface area contributed by atoms with Crippen molar-refractivity contribution in [3.8, 4) is 0 Å². The summed E-state index contributed by atoms with van der Waals surface area (Å²) in [5, 5.41) is 18.7. The fraction of sp³-hybridized carbons (Fsp3) is 0.581. The second kappa shape index (κ2) is 21.9. The number of hydrogen-bond donors (Lipinski definition) is 2. The fourth-order valence-electron chi connectivity index (χ4n) is 7.36. The van der Waals surface area contributed by atoms with Crippen molar-refractivity contribution in [1.29, 1.82) is 0 Å². The Balaban J connectivity index is 0.00000313. The molecule has 0 saturated carbocycles. The molecule has 0 bridgehead atoms. The van der Waals surface area contributed by atoms with Crippen molar-refractivity contribution in [1.82, 2.24) is 9.80 Å². The second-order valence-corrected chi connectivity index (χ2v) is 17.3. The fourth-order valence-corrected chi connectivity index (χ4v) is 8.64. The molecule has 1 unspecified atom stereocenters. The van der Waals surface area contributed by atoms with Crippen LogP contribution in [0, 0.1) is 17.8 Å². The molecule has 1 aromatic carbocycles. The normalized spacial score (nSPS) is 16.2. The van der Waals surface area contributed by atoms with E-state index in [2.05, 4.69) is 93.7 Å². The topological polar surface area (TPSA) is 81.1 Å². The van der Waals surface area contributed by atoms with Crippen molar-refractivity contribution in [2.24, 2.45) is 17.8 Å². The minimum absolute atomic E-state index is 0.0734. The summed E-state index contributed by atoms with van der Waals surface area (Å²) in [4.78, 5) is 36.0. The lowest BCUT2D eigenvalue weighted by atomic mass is 9.81. The van der Waals surface area contributed by atoms with Crippen LogP contribution in [0.2, 0.25) is 0 Å². The largest absolute Gasteiger partial charge is 0.396 e. The molecule has 3 rings (SSSR count). The minimum Gasteiger partial charge on any atom is -0.396 e. The SMILES string of the molecule is C/C=C\C(C/C=C(\C)SCCO)C1=C2C(=O)N(C(C)(C)CC(C)C)C(c3ccc(SCCO)cc3)=C2C(=O)N(C(C)(C)CC(C)C)C1.C=C.CC. The van der Waals surface area contributed by atoms with Crippen LogP contribution < -0.4 is 0 Å². The van der Waals surface area contributed by atoms with E-state index < -0.39 is 11.1 Å². The molecule has 0 radical (unpaired) electrons. The lowest BCUT2D eigenvalue weighted by molar-refractivity contribution is -0.133. The molecule has 6 nitrogen and oxygen atoms in total. The molecule has 0 aliphatic carbocycles. The smallest absolute Gasteiger partial charge is 0.259 e. The van der Waals surface area contributed by atoms with E-state index in [-0.39, 0.29) is 30.9 Å². The molecule has 0 aromatic heterocycles. The van der Waals surface area contributed by atoms with Gasteiger partial charge in [-0.15, -0.1) is 36.7 Å². The number of fused-ring (bicyclic) bond motifs is 1. The third-order valence-electron chi connectivity index (χ3n) is 8.83. The van der Waals surface area contributed by atoms with Crippen molar-refractivity contribution in [2.75, 3.05) is 31.3 Å². The van der Waals surface area contributed by atoms with Gasteiger partial charge in [0.15, 0.2) is 0 Å². The Morgan fingerprint density at radius 3 is 1.94 bits per heavy atom. The summed E-state index contributed by atoms with van der Waals surface area (Å²) in [6.07, 6.45) is 8.73. The lowest BCUT2D eigenvalue weighted by Crippen LogP contribution is -2.52. The van der Waals surface area contributed by atoms with Crippen LogP contribution in [0.5, 0.6) is 0 Å². The number of thioether (sulfide) groups is 2. The third kappa shape index (κ3) is 12.3. The molecule has 0 saturated heterocycles. The second-order valence-electron chi connectivity index (χ2n) is 14.8. The Hall–Kier alpha value is -2.52. The lowest BCUT2D eigenvalue weighted by Gasteiger charge is -2.44. The van der Waals surface area contributed by atoms with Crippen LogP contribution in [0.15, 0.2) is 82.2 Å². The highest BCUT2D eigenvalue weighted by Crippen LogP contribution is 2.49. The third-order valence-corrected chi connectivity index (χ3v) is 10.8. The van der Waals surface area contributed by atoms with Crippen molar-refractivity contribution < 1.29 is 19.8 Å². The van der Waals surface area contributed by atoms with Crippen molar-refractivity contribution >= 4 is 41.0 Å². The highest BCUT2D eigenvalue weighted by atomic mass is 32.2. The van der Waals surface area contributed by atoms with Gasteiger partial charge < -0.3 is 20.0 Å². The van der Waals surface area contributed by atoms with Gasteiger partial charge in [-0.05, 0) is 101 Å². The Kier molecular flexibility index (Phi) is 19.9. The van der Waals surface area contributed by atoms with Gasteiger partial charge in [0, 0.05) is 39.9 Å². The number of amides is 2. The highest BCUT2D eigenvalue weighted by Gasteiger charge is 2.52. The van der Waals surface area contributed by atoms with Gasteiger partial charge in [-0.2, -0.15) is 0 Å². The predicted molar refractivity (Wildman–Crippen MR) is 223 cm³/mol. The van der Waals surface area contributed by atoms with Crippen LogP contribution in [0.4, 0.5) is 0 Å². The van der Waals surface area contributed by atoms with Crippen LogP contribution in [0.25, 0.3) is 5.70 Å². The molecule has 8 heteroatoms. The van der Waals surface area contributed by atoms with E-state index >= 15 is 0 Å². The van der Waals surface area contributed by atoms with E-state index in [0.29, 0.717) is 53.2 Å². The number of hydrogen-bond acceptors (Lipinski definition) is 6. The van der Waals surface area contributed by atoms with Crippen molar-refractivity contribution in [3.05, 3.63) is 82.8 Å². The average Bonchev–Trinajstić information content (AvgIpc) is 3.40. The van der Waals surface area contributed by atoms with E-state index in [1.807, 2.05) is 54.8 Å². The number of carbonyl (C=O) groups is 2. The molecule has 0 fully saturated rings. The number of allylic oxidation sites excluding steroid dienone is 4. The minimum atomic E-state index is -0.542. The first kappa shape index (κ1) is 46.5. The number of aliphatic hydroxyl groups excluding tert-OH is 2. The number of benzene rings is 1. The molecule has 1 atom stereocenters. The standard InChI is InChI=1S/C39H58N2O4S2.C2H6.C2H4/c1-11-12-29(14-13-28(6)46-21-19-42)32-25-40(38(7,8)23-26(2)3)36(44)34-33(32)37(45)41(39(9,10)24-27(4)5)35(34)30-15-17-31(18-16-30)47-22-20-43;2*1-2/h11-13,15-18,26-27,29,42-43H,14,19-25H2,1-10H3;1-2H3;1-2H2/b12-11-,28-13+;;. The van der Waals surface area contributed by atoms with Gasteiger partial charge in [0.05, 0.1) is 30.1 Å². The van der Waals surface area contributed by atoms with E-state index in [1.54, 1.807) is 23.5 Å². The molecule has 2 aliphatic heterocycles. The average molecular weight is 741 g/mol. The van der Waals surface area contributed by atoms with Crippen LogP contribution >= 0.6 is 23.5 Å². The molecule has 286 valence electrons. The maximum Gasteiger partial charge on any atom is 0.259 e. The van der Waals surface area contributed by atoms with Gasteiger partial charge in [0.1, 0.15) is 0 Å². The van der Waals surface area contributed by atoms with Crippen LogP contribution in [-0.2, 0) is 9.59 Å². The van der Waals surface area contributed by atoms with Gasteiger partial charge in [-0.3, -0.25) is 9.59 Å². The molecule has 51 heavy (non-hydrogen) atoms. The molecule has 2 heterocycles. The highest BCUT2D eigenvalue weighted by molar-refractivity contribution is 8.03. The van der Waals surface area contributed by atoms with E-state index in [1.165, 1.54) is 0 Å². The van der Waals surface area contributed by atoms with Gasteiger partial charge in [0.2, 0.25) is 0 Å². The first-order valence-electron chi connectivity index (χ1n) is 18.6. The number of aliphatic hydroxyl groups is 2. The molecule has 0 spiro atoms. The Morgan fingerprint density at radius 2 is 1.43 bits per heavy atom. The summed E-state index contributed by atoms with van der Waals surface area (Å²) in [5.41, 5.74) is 2.65. The summed E-state index contributed by atoms with van der Waals surface area (Å²) >= 11 is 3.22. The molecule has 2 aliphatic rings. The Morgan fingerprint density at radius 1 is 0.882 bits per heavy atom. The quantitative estimate of drug-likeness (QED) is 0.122. The number of rotatable bonds is 17.